The van der Waals surface area contributed by atoms with Crippen molar-refractivity contribution in [2.75, 3.05) is 0 Å². The first kappa shape index (κ1) is 13.2. The average Bonchev–Trinajstić information content (AvgIpc) is 2.47. The van der Waals surface area contributed by atoms with Gasteiger partial charge in [-0.3, -0.25) is 0 Å². The van der Waals surface area contributed by atoms with Gasteiger partial charge in [-0.05, 0) is 48.9 Å². The van der Waals surface area contributed by atoms with E-state index in [1.54, 1.807) is 0 Å². The minimum absolute atomic E-state index is 0.168. The normalized spacial score (nSPS) is 17.6. The van der Waals surface area contributed by atoms with Gasteiger partial charge in [-0.15, -0.1) is 0 Å². The van der Waals surface area contributed by atoms with Crippen LogP contribution in [0.2, 0.25) is 0 Å². The van der Waals surface area contributed by atoms with E-state index in [4.69, 9.17) is 10.5 Å². The summed E-state index contributed by atoms with van der Waals surface area (Å²) >= 11 is 0. The molecule has 20 heavy (non-hydrogen) atoms. The van der Waals surface area contributed by atoms with Crippen LogP contribution in [-0.2, 0) is 13.0 Å². The Kier molecular flexibility index (Phi) is 3.75. The van der Waals surface area contributed by atoms with Crippen molar-refractivity contribution in [2.24, 2.45) is 5.73 Å². The Balaban J connectivity index is 1.78. The number of fused-ring (bicyclic) bond motifs is 1. The zero-order valence-corrected chi connectivity index (χ0v) is 11.9. The molecule has 2 nitrogen and oxygen atoms in total. The predicted molar refractivity (Wildman–Crippen MR) is 81.8 cm³/mol. The molecule has 0 fully saturated rings. The van der Waals surface area contributed by atoms with Gasteiger partial charge in [0.15, 0.2) is 0 Å². The van der Waals surface area contributed by atoms with Crippen LogP contribution < -0.4 is 10.5 Å². The molecule has 1 aliphatic carbocycles. The smallest absolute Gasteiger partial charge is 0.123 e. The highest BCUT2D eigenvalue weighted by Gasteiger charge is 2.19. The fourth-order valence-electron chi connectivity index (χ4n) is 2.83. The molecule has 3 rings (SSSR count). The molecule has 104 valence electrons. The molecule has 0 heterocycles. The number of ether oxygens (including phenoxy) is 1. The first-order valence-corrected chi connectivity index (χ1v) is 7.30. The second-order valence-corrected chi connectivity index (χ2v) is 5.60. The number of aryl methyl sites for hydroxylation is 1. The highest BCUT2D eigenvalue weighted by molar-refractivity contribution is 5.43. The monoisotopic (exact) mass is 267 g/mol. The molecule has 0 aromatic heterocycles. The van der Waals surface area contributed by atoms with Crippen molar-refractivity contribution in [3.8, 4) is 5.75 Å². The largest absolute Gasteiger partial charge is 0.489 e. The molecule has 1 unspecified atom stereocenters. The summed E-state index contributed by atoms with van der Waals surface area (Å²) in [6, 6.07) is 14.9. The third kappa shape index (κ3) is 2.70. The van der Waals surface area contributed by atoms with Crippen LogP contribution in [0.15, 0.2) is 42.5 Å². The van der Waals surface area contributed by atoms with Crippen LogP contribution in [0.5, 0.6) is 5.75 Å². The van der Waals surface area contributed by atoms with Gasteiger partial charge in [0.2, 0.25) is 0 Å². The summed E-state index contributed by atoms with van der Waals surface area (Å²) in [5, 5.41) is 0. The van der Waals surface area contributed by atoms with Gasteiger partial charge in [0.1, 0.15) is 12.4 Å². The van der Waals surface area contributed by atoms with Crippen LogP contribution in [0, 0.1) is 6.92 Å². The average molecular weight is 267 g/mol. The highest BCUT2D eigenvalue weighted by atomic mass is 16.5. The van der Waals surface area contributed by atoms with Crippen LogP contribution >= 0.6 is 0 Å². The number of rotatable bonds is 3. The van der Waals surface area contributed by atoms with Gasteiger partial charge < -0.3 is 10.5 Å². The molecule has 0 aliphatic heterocycles. The highest BCUT2D eigenvalue weighted by Crippen LogP contribution is 2.34. The molecule has 1 atom stereocenters. The standard InChI is InChI=1S/C18H21NO/c1-13-8-10-14(11-9-13)12-20-18-7-3-4-15-16(18)5-2-6-17(15)19/h3-4,7-11,17H,2,5-6,12,19H2,1H3. The molecule has 1 aliphatic rings. The van der Waals surface area contributed by atoms with Gasteiger partial charge in [-0.1, -0.05) is 42.0 Å². The SMILES string of the molecule is Cc1ccc(COc2cccc3c2CCCC3N)cc1. The second-order valence-electron chi connectivity index (χ2n) is 5.60. The Morgan fingerprint density at radius 3 is 2.75 bits per heavy atom. The summed E-state index contributed by atoms with van der Waals surface area (Å²) in [5.41, 5.74) is 11.2. The summed E-state index contributed by atoms with van der Waals surface area (Å²) in [5.74, 6) is 0.998. The topological polar surface area (TPSA) is 35.2 Å². The number of hydrogen-bond acceptors (Lipinski definition) is 2. The first-order valence-electron chi connectivity index (χ1n) is 7.30. The van der Waals surface area contributed by atoms with E-state index in [0.717, 1.165) is 25.0 Å². The number of hydrogen-bond donors (Lipinski definition) is 1. The molecule has 0 spiro atoms. The van der Waals surface area contributed by atoms with Crippen LogP contribution in [0.25, 0.3) is 0 Å². The molecule has 0 saturated heterocycles. The van der Waals surface area contributed by atoms with Crippen molar-refractivity contribution in [3.63, 3.8) is 0 Å². The van der Waals surface area contributed by atoms with Crippen LogP contribution in [0.4, 0.5) is 0 Å². The zero-order chi connectivity index (χ0) is 13.9. The van der Waals surface area contributed by atoms with Gasteiger partial charge in [0.25, 0.3) is 0 Å². The maximum atomic E-state index is 6.18. The van der Waals surface area contributed by atoms with Gasteiger partial charge in [-0.2, -0.15) is 0 Å². The Morgan fingerprint density at radius 1 is 1.15 bits per heavy atom. The maximum Gasteiger partial charge on any atom is 0.123 e. The lowest BCUT2D eigenvalue weighted by molar-refractivity contribution is 0.300. The van der Waals surface area contributed by atoms with Gasteiger partial charge >= 0.3 is 0 Å². The van der Waals surface area contributed by atoms with E-state index < -0.39 is 0 Å². The van der Waals surface area contributed by atoms with Crippen molar-refractivity contribution in [2.45, 2.75) is 38.8 Å². The summed E-state index contributed by atoms with van der Waals surface area (Å²) in [6.45, 7) is 2.71. The maximum absolute atomic E-state index is 6.18. The second kappa shape index (κ2) is 5.68. The van der Waals surface area contributed by atoms with E-state index >= 15 is 0 Å². The van der Waals surface area contributed by atoms with Crippen molar-refractivity contribution < 1.29 is 4.74 Å². The molecule has 2 heteroatoms. The first-order chi connectivity index (χ1) is 9.74. The Bertz CT molecular complexity index is 589. The van der Waals surface area contributed by atoms with E-state index in [2.05, 4.69) is 49.4 Å². The molecule has 0 radical (unpaired) electrons. The molecule has 0 bridgehead atoms. The molecule has 0 amide bonds. The number of nitrogens with two attached hydrogens (primary N) is 1. The Labute approximate surface area is 120 Å². The van der Waals surface area contributed by atoms with Crippen LogP contribution in [0.1, 0.15) is 41.1 Å². The summed E-state index contributed by atoms with van der Waals surface area (Å²) in [4.78, 5) is 0. The number of benzene rings is 2. The van der Waals surface area contributed by atoms with Crippen LogP contribution in [0.3, 0.4) is 0 Å². The molecule has 2 N–H and O–H groups in total. The lowest BCUT2D eigenvalue weighted by Crippen LogP contribution is -2.18. The lowest BCUT2D eigenvalue weighted by atomic mass is 9.87. The van der Waals surface area contributed by atoms with E-state index in [9.17, 15) is 0 Å². The zero-order valence-electron chi connectivity index (χ0n) is 11.9. The molecule has 0 saturated carbocycles. The Hall–Kier alpha value is -1.80. The third-order valence-corrected chi connectivity index (χ3v) is 4.03. The van der Waals surface area contributed by atoms with E-state index in [0.29, 0.717) is 6.61 Å². The Morgan fingerprint density at radius 2 is 1.95 bits per heavy atom. The van der Waals surface area contributed by atoms with E-state index in [1.807, 2.05) is 0 Å². The molecule has 2 aromatic carbocycles. The van der Waals surface area contributed by atoms with Gasteiger partial charge in [0.05, 0.1) is 0 Å². The van der Waals surface area contributed by atoms with Crippen molar-refractivity contribution in [1.82, 2.24) is 0 Å². The minimum atomic E-state index is 0.168. The summed E-state index contributed by atoms with van der Waals surface area (Å²) in [7, 11) is 0. The van der Waals surface area contributed by atoms with Crippen molar-refractivity contribution >= 4 is 0 Å². The van der Waals surface area contributed by atoms with Gasteiger partial charge in [-0.25, -0.2) is 0 Å². The molecular weight excluding hydrogens is 246 g/mol. The molecular formula is C18H21NO. The van der Waals surface area contributed by atoms with Crippen molar-refractivity contribution in [3.05, 3.63) is 64.7 Å². The summed E-state index contributed by atoms with van der Waals surface area (Å²) < 4.78 is 6.02. The third-order valence-electron chi connectivity index (χ3n) is 4.03. The quantitative estimate of drug-likeness (QED) is 0.915. The van der Waals surface area contributed by atoms with E-state index in [-0.39, 0.29) is 6.04 Å². The predicted octanol–water partition coefficient (Wildman–Crippen LogP) is 3.91. The van der Waals surface area contributed by atoms with Crippen LogP contribution in [-0.4, -0.2) is 0 Å². The fraction of sp³-hybridized carbons (Fsp3) is 0.333. The molecule has 2 aromatic rings. The van der Waals surface area contributed by atoms with E-state index in [1.165, 1.54) is 22.3 Å². The minimum Gasteiger partial charge on any atom is -0.489 e. The summed E-state index contributed by atoms with van der Waals surface area (Å²) in [6.07, 6.45) is 3.31. The lowest BCUT2D eigenvalue weighted by Gasteiger charge is -2.24. The fourth-order valence-corrected chi connectivity index (χ4v) is 2.83. The van der Waals surface area contributed by atoms with Gasteiger partial charge in [0, 0.05) is 6.04 Å². The van der Waals surface area contributed by atoms with Crippen molar-refractivity contribution in [1.29, 1.82) is 0 Å².